The highest BCUT2D eigenvalue weighted by atomic mass is 35.5. The summed E-state index contributed by atoms with van der Waals surface area (Å²) < 4.78 is 26.7. The van der Waals surface area contributed by atoms with Gasteiger partial charge in [0.2, 0.25) is 0 Å². The van der Waals surface area contributed by atoms with Crippen LogP contribution in [0, 0.1) is 11.3 Å². The van der Waals surface area contributed by atoms with Crippen LogP contribution in [-0.4, -0.2) is 37.7 Å². The molecule has 7 heteroatoms. The van der Waals surface area contributed by atoms with Crippen molar-refractivity contribution >= 4 is 21.8 Å². The Labute approximate surface area is 119 Å². The van der Waals surface area contributed by atoms with Crippen molar-refractivity contribution < 1.29 is 8.42 Å². The molecule has 0 saturated carbocycles. The van der Waals surface area contributed by atoms with Gasteiger partial charge in [0.15, 0.2) is 0 Å². The van der Waals surface area contributed by atoms with Crippen LogP contribution in [0.25, 0.3) is 0 Å². The Balaban J connectivity index is 2.76. The maximum absolute atomic E-state index is 12.1. The van der Waals surface area contributed by atoms with Crippen LogP contribution in [0.5, 0.6) is 0 Å². The van der Waals surface area contributed by atoms with Gasteiger partial charge in [0.05, 0.1) is 6.07 Å². The monoisotopic (exact) mass is 301 g/mol. The number of benzene rings is 1. The maximum atomic E-state index is 12.1. The summed E-state index contributed by atoms with van der Waals surface area (Å²) in [4.78, 5) is 0. The van der Waals surface area contributed by atoms with Gasteiger partial charge in [-0.1, -0.05) is 23.7 Å². The summed E-state index contributed by atoms with van der Waals surface area (Å²) in [6.45, 7) is 0.415. The van der Waals surface area contributed by atoms with Crippen molar-refractivity contribution in [1.82, 2.24) is 8.61 Å². The van der Waals surface area contributed by atoms with Crippen LogP contribution in [0.4, 0.5) is 0 Å². The molecule has 5 nitrogen and oxygen atoms in total. The number of nitriles is 1. The predicted octanol–water partition coefficient (Wildman–Crippen LogP) is 1.86. The lowest BCUT2D eigenvalue weighted by Gasteiger charge is -2.23. The quantitative estimate of drug-likeness (QED) is 0.805. The summed E-state index contributed by atoms with van der Waals surface area (Å²) in [7, 11) is -0.591. The molecule has 0 fully saturated rings. The fourth-order valence-corrected chi connectivity index (χ4v) is 2.86. The average Bonchev–Trinajstić information content (AvgIpc) is 2.35. The van der Waals surface area contributed by atoms with E-state index in [0.717, 1.165) is 5.56 Å². The average molecular weight is 302 g/mol. The van der Waals surface area contributed by atoms with Gasteiger partial charge < -0.3 is 0 Å². The second-order valence-corrected chi connectivity index (χ2v) is 6.70. The van der Waals surface area contributed by atoms with Crippen LogP contribution in [0.15, 0.2) is 24.3 Å². The van der Waals surface area contributed by atoms with Crippen molar-refractivity contribution in [2.75, 3.05) is 20.6 Å². The van der Waals surface area contributed by atoms with Crippen molar-refractivity contribution in [3.8, 4) is 6.07 Å². The smallest absolute Gasteiger partial charge is 0.198 e. The molecule has 0 unspecified atom stereocenters. The van der Waals surface area contributed by atoms with Crippen molar-refractivity contribution in [3.63, 3.8) is 0 Å². The highest BCUT2D eigenvalue weighted by molar-refractivity contribution is 7.86. The molecule has 1 rings (SSSR count). The Morgan fingerprint density at radius 3 is 2.58 bits per heavy atom. The number of halogens is 1. The van der Waals surface area contributed by atoms with Gasteiger partial charge >= 0.3 is 0 Å². The standard InChI is InChI=1S/C12H16ClN3O2S/c1-15(8-4-7-14)19(17,18)16(2)10-11-5-3-6-12(13)9-11/h3,5-6,9H,4,8,10H2,1-2H3. The first-order chi connectivity index (χ1) is 8.87. The minimum absolute atomic E-state index is 0.167. The lowest BCUT2D eigenvalue weighted by Crippen LogP contribution is -2.39. The van der Waals surface area contributed by atoms with Crippen molar-refractivity contribution in [1.29, 1.82) is 5.26 Å². The molecule has 19 heavy (non-hydrogen) atoms. The molecule has 0 radical (unpaired) electrons. The second-order valence-electron chi connectivity index (χ2n) is 4.12. The largest absolute Gasteiger partial charge is 0.281 e. The van der Waals surface area contributed by atoms with Crippen LogP contribution in [0.3, 0.4) is 0 Å². The van der Waals surface area contributed by atoms with Crippen LogP contribution in [-0.2, 0) is 16.8 Å². The number of hydrogen-bond donors (Lipinski definition) is 0. The van der Waals surface area contributed by atoms with Crippen molar-refractivity contribution in [3.05, 3.63) is 34.9 Å². The van der Waals surface area contributed by atoms with Gasteiger partial charge in [0, 0.05) is 38.6 Å². The Morgan fingerprint density at radius 2 is 2.00 bits per heavy atom. The lowest BCUT2D eigenvalue weighted by atomic mass is 10.2. The van der Waals surface area contributed by atoms with Gasteiger partial charge in [-0.05, 0) is 17.7 Å². The fourth-order valence-electron chi connectivity index (χ4n) is 1.53. The zero-order valence-corrected chi connectivity index (χ0v) is 12.4. The van der Waals surface area contributed by atoms with E-state index < -0.39 is 10.2 Å². The molecule has 0 bridgehead atoms. The highest BCUT2D eigenvalue weighted by Gasteiger charge is 2.23. The molecular weight excluding hydrogens is 286 g/mol. The van der Waals surface area contributed by atoms with E-state index in [1.807, 2.05) is 12.1 Å². The molecule has 0 aromatic heterocycles. The molecule has 104 valence electrons. The minimum atomic E-state index is -3.55. The third-order valence-corrected chi connectivity index (χ3v) is 4.74. The minimum Gasteiger partial charge on any atom is -0.198 e. The Bertz CT molecular complexity index is 569. The van der Waals surface area contributed by atoms with Crippen molar-refractivity contribution in [2.45, 2.75) is 13.0 Å². The van der Waals surface area contributed by atoms with E-state index in [2.05, 4.69) is 0 Å². The first-order valence-electron chi connectivity index (χ1n) is 5.67. The normalized spacial score (nSPS) is 11.8. The Kier molecular flexibility index (Phi) is 5.76. The van der Waals surface area contributed by atoms with Gasteiger partial charge in [-0.25, -0.2) is 0 Å². The molecule has 0 aliphatic rings. The third-order valence-electron chi connectivity index (χ3n) is 2.62. The predicted molar refractivity (Wildman–Crippen MR) is 74.7 cm³/mol. The molecule has 0 aliphatic carbocycles. The first kappa shape index (κ1) is 15.9. The van der Waals surface area contributed by atoms with E-state index in [9.17, 15) is 8.42 Å². The molecule has 0 N–H and O–H groups in total. The van der Waals surface area contributed by atoms with Crippen molar-refractivity contribution in [2.24, 2.45) is 0 Å². The Morgan fingerprint density at radius 1 is 1.32 bits per heavy atom. The van der Waals surface area contributed by atoms with E-state index in [4.69, 9.17) is 16.9 Å². The molecule has 0 saturated heterocycles. The fraction of sp³-hybridized carbons (Fsp3) is 0.417. The molecule has 0 amide bonds. The molecule has 0 aliphatic heterocycles. The van der Waals surface area contributed by atoms with Gasteiger partial charge in [-0.3, -0.25) is 0 Å². The van der Waals surface area contributed by atoms with E-state index in [0.29, 0.717) is 5.02 Å². The van der Waals surface area contributed by atoms with E-state index in [1.54, 1.807) is 18.2 Å². The van der Waals surface area contributed by atoms with Gasteiger partial charge in [-0.15, -0.1) is 0 Å². The van der Waals surface area contributed by atoms with Gasteiger partial charge in [0.1, 0.15) is 0 Å². The molecule has 1 aromatic rings. The molecular formula is C12H16ClN3O2S. The Hall–Kier alpha value is -1.13. The summed E-state index contributed by atoms with van der Waals surface area (Å²) in [6, 6.07) is 8.97. The molecule has 1 aromatic carbocycles. The summed E-state index contributed by atoms with van der Waals surface area (Å²) in [5.74, 6) is 0. The number of hydrogen-bond acceptors (Lipinski definition) is 3. The molecule has 0 atom stereocenters. The topological polar surface area (TPSA) is 64.4 Å². The van der Waals surface area contributed by atoms with E-state index in [-0.39, 0.29) is 19.5 Å². The van der Waals surface area contributed by atoms with Crippen LogP contribution in [0.2, 0.25) is 5.02 Å². The van der Waals surface area contributed by atoms with E-state index in [1.165, 1.54) is 22.7 Å². The SMILES string of the molecule is CN(CCC#N)S(=O)(=O)N(C)Cc1cccc(Cl)c1. The van der Waals surface area contributed by atoms with Gasteiger partial charge in [0.25, 0.3) is 10.2 Å². The first-order valence-corrected chi connectivity index (χ1v) is 7.44. The van der Waals surface area contributed by atoms with E-state index >= 15 is 0 Å². The molecule has 0 heterocycles. The summed E-state index contributed by atoms with van der Waals surface area (Å²) in [5, 5.41) is 9.06. The zero-order valence-electron chi connectivity index (χ0n) is 10.9. The lowest BCUT2D eigenvalue weighted by molar-refractivity contribution is 0.392. The third kappa shape index (κ3) is 4.48. The van der Waals surface area contributed by atoms with Gasteiger partial charge in [-0.2, -0.15) is 22.3 Å². The van der Waals surface area contributed by atoms with Crippen LogP contribution in [0.1, 0.15) is 12.0 Å². The second kappa shape index (κ2) is 6.87. The number of nitrogens with zero attached hydrogens (tertiary/aromatic N) is 3. The highest BCUT2D eigenvalue weighted by Crippen LogP contribution is 2.14. The molecule has 0 spiro atoms. The summed E-state index contributed by atoms with van der Waals surface area (Å²) in [5.41, 5.74) is 0.812. The zero-order chi connectivity index (χ0) is 14.5. The maximum Gasteiger partial charge on any atom is 0.281 e. The number of rotatable bonds is 6. The summed E-state index contributed by atoms with van der Waals surface area (Å²) in [6.07, 6.45) is 0.167. The van der Waals surface area contributed by atoms with Crippen LogP contribution >= 0.6 is 11.6 Å². The van der Waals surface area contributed by atoms with Crippen LogP contribution < -0.4 is 0 Å². The summed E-state index contributed by atoms with van der Waals surface area (Å²) >= 11 is 5.86.